The highest BCUT2D eigenvalue weighted by atomic mass is 19.4. The fraction of sp³-hybridized carbons (Fsp3) is 1.00. The molecule has 126 valence electrons. The lowest BCUT2D eigenvalue weighted by atomic mass is 9.66. The Balaban J connectivity index is 3.83. The van der Waals surface area contributed by atoms with Crippen molar-refractivity contribution in [3.05, 3.63) is 0 Å². The van der Waals surface area contributed by atoms with Crippen LogP contribution in [0.15, 0.2) is 0 Å². The molecule has 0 radical (unpaired) electrons. The topological polar surface area (TPSA) is 0 Å². The summed E-state index contributed by atoms with van der Waals surface area (Å²) < 4.78 is 145. The van der Waals surface area contributed by atoms with E-state index in [9.17, 15) is 48.3 Å². The summed E-state index contributed by atoms with van der Waals surface area (Å²) in [6.45, 7) is 1.01. The van der Waals surface area contributed by atoms with E-state index in [0.29, 0.717) is 0 Å². The summed E-state index contributed by atoms with van der Waals surface area (Å²) in [6.07, 6.45) is -0.987. The highest BCUT2D eigenvalue weighted by Crippen LogP contribution is 2.71. The third-order valence-corrected chi connectivity index (χ3v) is 3.78. The minimum atomic E-state index is -7.13. The maximum absolute atomic E-state index is 14.1. The van der Waals surface area contributed by atoms with Crippen LogP contribution in [0.2, 0.25) is 0 Å². The number of hydrogen-bond acceptors (Lipinski definition) is 0. The second kappa shape index (κ2) is 4.15. The number of hydrogen-bond donors (Lipinski definition) is 0. The minimum Gasteiger partial charge on any atom is -0.230 e. The first-order chi connectivity index (χ1) is 8.98. The monoisotopic (exact) mass is 338 g/mol. The minimum absolute atomic E-state index is 0.234. The van der Waals surface area contributed by atoms with E-state index in [2.05, 4.69) is 0 Å². The molecule has 1 aliphatic rings. The maximum Gasteiger partial charge on any atom is 0.384 e. The van der Waals surface area contributed by atoms with E-state index in [0.717, 1.165) is 6.92 Å². The quantitative estimate of drug-likeness (QED) is 0.626. The number of rotatable bonds is 2. The summed E-state index contributed by atoms with van der Waals surface area (Å²) in [7, 11) is 0. The molecule has 0 aromatic heterocycles. The van der Waals surface area contributed by atoms with Gasteiger partial charge >= 0.3 is 29.6 Å². The van der Waals surface area contributed by atoms with Crippen molar-refractivity contribution in [3.63, 3.8) is 0 Å². The summed E-state index contributed by atoms with van der Waals surface area (Å²) in [5.74, 6) is -37.3. The Kier molecular flexibility index (Phi) is 3.61. The number of alkyl halides is 11. The molecule has 1 atom stereocenters. The zero-order valence-corrected chi connectivity index (χ0v) is 10.4. The van der Waals surface area contributed by atoms with Gasteiger partial charge in [-0.15, -0.1) is 0 Å². The van der Waals surface area contributed by atoms with E-state index >= 15 is 0 Å². The lowest BCUT2D eigenvalue weighted by Gasteiger charge is -2.54. The molecule has 0 nitrogen and oxygen atoms in total. The molecule has 1 saturated carbocycles. The van der Waals surface area contributed by atoms with Gasteiger partial charge in [-0.2, -0.15) is 43.9 Å². The summed E-state index contributed by atoms with van der Waals surface area (Å²) in [5.41, 5.74) is -5.84. The average Bonchev–Trinajstić information content (AvgIpc) is 2.34. The van der Waals surface area contributed by atoms with Crippen LogP contribution in [-0.4, -0.2) is 35.3 Å². The first-order valence-electron chi connectivity index (χ1n) is 5.56. The van der Waals surface area contributed by atoms with Gasteiger partial charge in [-0.25, -0.2) is 4.39 Å². The van der Waals surface area contributed by atoms with Gasteiger partial charge in [-0.3, -0.25) is 0 Å². The molecule has 0 aromatic carbocycles. The third-order valence-electron chi connectivity index (χ3n) is 3.78. The van der Waals surface area contributed by atoms with Crippen molar-refractivity contribution in [3.8, 4) is 0 Å². The highest BCUT2D eigenvalue weighted by molar-refractivity contribution is 5.27. The van der Waals surface area contributed by atoms with Crippen molar-refractivity contribution < 1.29 is 48.3 Å². The Morgan fingerprint density at radius 2 is 0.810 bits per heavy atom. The molecule has 1 aliphatic carbocycles. The summed E-state index contributed by atoms with van der Waals surface area (Å²) >= 11 is 0. The molecule has 0 N–H and O–H groups in total. The van der Waals surface area contributed by atoms with E-state index in [1.807, 2.05) is 0 Å². The zero-order chi connectivity index (χ0) is 17.3. The normalized spacial score (nSPS) is 32.4. The van der Waals surface area contributed by atoms with Gasteiger partial charge in [0, 0.05) is 5.92 Å². The van der Waals surface area contributed by atoms with Crippen LogP contribution in [0.25, 0.3) is 0 Å². The second-order valence-electron chi connectivity index (χ2n) is 4.89. The molecule has 0 amide bonds. The van der Waals surface area contributed by atoms with Gasteiger partial charge in [0.1, 0.15) is 0 Å². The SMILES string of the molecule is CCC(C)C1(F)C(F)(F)C(F)(F)C(F)(F)C(F)(F)C1(F)F. The van der Waals surface area contributed by atoms with Crippen molar-refractivity contribution >= 4 is 0 Å². The van der Waals surface area contributed by atoms with Crippen LogP contribution in [0, 0.1) is 5.92 Å². The Bertz CT molecular complexity index is 395. The molecule has 11 heteroatoms. The third kappa shape index (κ3) is 1.52. The molecule has 0 heterocycles. The Morgan fingerprint density at radius 3 is 1.05 bits per heavy atom. The molecular weight excluding hydrogens is 329 g/mol. The van der Waals surface area contributed by atoms with Crippen LogP contribution in [0.1, 0.15) is 20.3 Å². The molecule has 0 saturated heterocycles. The van der Waals surface area contributed by atoms with Crippen LogP contribution < -0.4 is 0 Å². The predicted octanol–water partition coefficient (Wildman–Crippen LogP) is 4.93. The van der Waals surface area contributed by atoms with E-state index < -0.39 is 47.6 Å². The van der Waals surface area contributed by atoms with Crippen molar-refractivity contribution in [2.24, 2.45) is 5.92 Å². The number of halogens is 11. The van der Waals surface area contributed by atoms with Crippen LogP contribution in [0.4, 0.5) is 48.3 Å². The lowest BCUT2D eigenvalue weighted by molar-refractivity contribution is -0.491. The Labute approximate surface area is 111 Å². The summed E-state index contributed by atoms with van der Waals surface area (Å²) in [5, 5.41) is 0. The molecule has 0 spiro atoms. The van der Waals surface area contributed by atoms with Crippen LogP contribution in [0.5, 0.6) is 0 Å². The molecule has 1 rings (SSSR count). The molecular formula is C10H9F11. The molecule has 0 aromatic rings. The van der Waals surface area contributed by atoms with Gasteiger partial charge in [0.05, 0.1) is 0 Å². The van der Waals surface area contributed by atoms with E-state index in [1.54, 1.807) is 0 Å². The molecule has 0 bridgehead atoms. The average molecular weight is 338 g/mol. The van der Waals surface area contributed by atoms with Crippen LogP contribution in [0.3, 0.4) is 0 Å². The Morgan fingerprint density at radius 1 is 0.571 bits per heavy atom. The standard InChI is InChI=1S/C10H9F11/c1-3-4(2)5(11)6(12,13)8(16,17)10(20,21)9(18,19)7(5,14)15/h4H,3H2,1-2H3. The van der Waals surface area contributed by atoms with Gasteiger partial charge < -0.3 is 0 Å². The van der Waals surface area contributed by atoms with Gasteiger partial charge in [0.15, 0.2) is 0 Å². The lowest BCUT2D eigenvalue weighted by Crippen LogP contribution is -2.84. The molecule has 21 heavy (non-hydrogen) atoms. The van der Waals surface area contributed by atoms with Crippen LogP contribution >= 0.6 is 0 Å². The van der Waals surface area contributed by atoms with Crippen molar-refractivity contribution in [2.45, 2.75) is 55.5 Å². The van der Waals surface area contributed by atoms with Gasteiger partial charge in [0.25, 0.3) is 5.67 Å². The summed E-state index contributed by atoms with van der Waals surface area (Å²) in [4.78, 5) is 0. The van der Waals surface area contributed by atoms with E-state index in [4.69, 9.17) is 0 Å². The van der Waals surface area contributed by atoms with E-state index in [-0.39, 0.29) is 6.92 Å². The van der Waals surface area contributed by atoms with Gasteiger partial charge in [-0.05, 0) is 0 Å². The fourth-order valence-electron chi connectivity index (χ4n) is 2.15. The van der Waals surface area contributed by atoms with Crippen molar-refractivity contribution in [1.82, 2.24) is 0 Å². The van der Waals surface area contributed by atoms with Crippen LogP contribution in [-0.2, 0) is 0 Å². The molecule has 0 aliphatic heterocycles. The molecule has 1 fully saturated rings. The fourth-order valence-corrected chi connectivity index (χ4v) is 2.15. The first kappa shape index (κ1) is 18.3. The maximum atomic E-state index is 14.1. The molecule has 1 unspecified atom stereocenters. The smallest absolute Gasteiger partial charge is 0.230 e. The first-order valence-corrected chi connectivity index (χ1v) is 5.56. The van der Waals surface area contributed by atoms with Crippen molar-refractivity contribution in [2.75, 3.05) is 0 Å². The highest BCUT2D eigenvalue weighted by Gasteiger charge is 3.01. The summed E-state index contributed by atoms with van der Waals surface area (Å²) in [6, 6.07) is 0. The van der Waals surface area contributed by atoms with Gasteiger partial charge in [-0.1, -0.05) is 20.3 Å². The largest absolute Gasteiger partial charge is 0.384 e. The zero-order valence-electron chi connectivity index (χ0n) is 10.4. The Hall–Kier alpha value is -0.770. The van der Waals surface area contributed by atoms with Gasteiger partial charge in [0.2, 0.25) is 0 Å². The second-order valence-corrected chi connectivity index (χ2v) is 4.89. The van der Waals surface area contributed by atoms with E-state index in [1.165, 1.54) is 0 Å². The predicted molar refractivity (Wildman–Crippen MR) is 48.0 cm³/mol. The van der Waals surface area contributed by atoms with Crippen molar-refractivity contribution in [1.29, 1.82) is 0 Å².